The molecule has 1 aromatic heterocycles. The van der Waals surface area contributed by atoms with Gasteiger partial charge >= 0.3 is 0 Å². The Balaban J connectivity index is 2.11. The normalized spacial score (nSPS) is 14.5. The van der Waals surface area contributed by atoms with Crippen molar-refractivity contribution < 1.29 is 9.21 Å². The smallest absolute Gasteiger partial charge is 0.272 e. The number of amides is 1. The van der Waals surface area contributed by atoms with Gasteiger partial charge in [-0.15, -0.1) is 0 Å². The van der Waals surface area contributed by atoms with E-state index in [0.717, 1.165) is 11.1 Å². The van der Waals surface area contributed by atoms with E-state index in [-0.39, 0.29) is 28.6 Å². The molecule has 0 bridgehead atoms. The zero-order valence-electron chi connectivity index (χ0n) is 11.5. The Labute approximate surface area is 125 Å². The van der Waals surface area contributed by atoms with Crippen LogP contribution in [0.1, 0.15) is 16.7 Å². The fourth-order valence-corrected chi connectivity index (χ4v) is 2.66. The molecule has 5 nitrogen and oxygen atoms in total. The van der Waals surface area contributed by atoms with Gasteiger partial charge in [-0.25, -0.2) is 4.99 Å². The minimum absolute atomic E-state index is 0.109. The Morgan fingerprint density at radius 3 is 2.71 bits per heavy atom. The van der Waals surface area contributed by atoms with Crippen molar-refractivity contribution in [2.45, 2.75) is 20.3 Å². The molecular formula is C15H12N2O3S. The molecule has 1 aromatic carbocycles. The Morgan fingerprint density at radius 1 is 1.29 bits per heavy atom. The molecule has 0 aliphatic carbocycles. The van der Waals surface area contributed by atoms with Crippen LogP contribution < -0.4 is 10.7 Å². The second-order valence-electron chi connectivity index (χ2n) is 5.04. The number of hydrogen-bond acceptors (Lipinski definition) is 4. The molecule has 2 aromatic rings. The molecule has 0 fully saturated rings. The molecular weight excluding hydrogens is 288 g/mol. The van der Waals surface area contributed by atoms with Crippen LogP contribution in [0.15, 0.2) is 32.6 Å². The van der Waals surface area contributed by atoms with E-state index in [2.05, 4.69) is 10.3 Å². The molecule has 0 atom stereocenters. The van der Waals surface area contributed by atoms with Crippen molar-refractivity contribution in [2.75, 3.05) is 0 Å². The molecule has 0 radical (unpaired) electrons. The van der Waals surface area contributed by atoms with Crippen LogP contribution in [0.3, 0.4) is 0 Å². The number of carbonyl (C=O) groups is 1. The maximum Gasteiger partial charge on any atom is 0.272 e. The summed E-state index contributed by atoms with van der Waals surface area (Å²) in [5.74, 6) is -0.361. The second kappa shape index (κ2) is 4.89. The minimum Gasteiger partial charge on any atom is -0.464 e. The zero-order valence-corrected chi connectivity index (χ0v) is 12.3. The van der Waals surface area contributed by atoms with Crippen LogP contribution in [-0.4, -0.2) is 16.7 Å². The summed E-state index contributed by atoms with van der Waals surface area (Å²) in [5.41, 5.74) is 2.93. The highest BCUT2D eigenvalue weighted by molar-refractivity contribution is 7.80. The number of nitrogens with one attached hydrogen (secondary N) is 1. The minimum atomic E-state index is -0.361. The number of carbonyl (C=O) groups excluding carboxylic acids is 1. The van der Waals surface area contributed by atoms with Crippen molar-refractivity contribution in [1.82, 2.24) is 5.32 Å². The summed E-state index contributed by atoms with van der Waals surface area (Å²) in [6.07, 6.45) is 1.50. The summed E-state index contributed by atoms with van der Waals surface area (Å²) in [6, 6.07) is 3.75. The molecule has 2 heterocycles. The third-order valence-electron chi connectivity index (χ3n) is 3.37. The zero-order chi connectivity index (χ0) is 15.1. The lowest BCUT2D eigenvalue weighted by atomic mass is 10.0. The first-order chi connectivity index (χ1) is 9.95. The Kier molecular flexibility index (Phi) is 3.17. The highest BCUT2D eigenvalue weighted by atomic mass is 32.1. The first-order valence-corrected chi connectivity index (χ1v) is 6.81. The fourth-order valence-electron chi connectivity index (χ4n) is 2.45. The van der Waals surface area contributed by atoms with E-state index < -0.39 is 0 Å². The van der Waals surface area contributed by atoms with Crippen LogP contribution in [-0.2, 0) is 11.2 Å². The topological polar surface area (TPSA) is 71.7 Å². The molecule has 0 unspecified atom stereocenters. The Hall–Kier alpha value is -2.34. The van der Waals surface area contributed by atoms with Gasteiger partial charge < -0.3 is 4.42 Å². The van der Waals surface area contributed by atoms with Gasteiger partial charge in [-0.1, -0.05) is 6.07 Å². The van der Waals surface area contributed by atoms with E-state index in [1.807, 2.05) is 26.0 Å². The van der Waals surface area contributed by atoms with Gasteiger partial charge in [-0.05, 0) is 43.3 Å². The SMILES string of the molecule is Cc1cc(C)c2c(=O)c(CC3=NC(=S)NC3=O)coc2c1. The van der Waals surface area contributed by atoms with Gasteiger partial charge in [0.2, 0.25) is 0 Å². The first kappa shape index (κ1) is 13.6. The van der Waals surface area contributed by atoms with Gasteiger partial charge in [0.25, 0.3) is 5.91 Å². The van der Waals surface area contributed by atoms with E-state index >= 15 is 0 Å². The van der Waals surface area contributed by atoms with Crippen molar-refractivity contribution >= 4 is 39.9 Å². The van der Waals surface area contributed by atoms with Crippen molar-refractivity contribution in [3.63, 3.8) is 0 Å². The number of aryl methyl sites for hydroxylation is 2. The van der Waals surface area contributed by atoms with Crippen LogP contribution in [0.4, 0.5) is 0 Å². The molecule has 1 amide bonds. The Bertz CT molecular complexity index is 880. The summed E-state index contributed by atoms with van der Waals surface area (Å²) in [5, 5.41) is 3.09. The lowest BCUT2D eigenvalue weighted by molar-refractivity contribution is -0.113. The largest absolute Gasteiger partial charge is 0.464 e. The van der Waals surface area contributed by atoms with Crippen molar-refractivity contribution in [3.05, 3.63) is 45.3 Å². The molecule has 21 heavy (non-hydrogen) atoms. The number of hydrogen-bond donors (Lipinski definition) is 1. The predicted molar refractivity (Wildman–Crippen MR) is 83.8 cm³/mol. The van der Waals surface area contributed by atoms with Crippen molar-refractivity contribution in [2.24, 2.45) is 4.99 Å². The third-order valence-corrected chi connectivity index (χ3v) is 3.56. The molecule has 0 saturated carbocycles. The highest BCUT2D eigenvalue weighted by Gasteiger charge is 2.22. The predicted octanol–water partition coefficient (Wildman–Crippen LogP) is 1.81. The van der Waals surface area contributed by atoms with E-state index in [1.165, 1.54) is 6.26 Å². The number of benzene rings is 1. The molecule has 1 aliphatic rings. The van der Waals surface area contributed by atoms with Crippen LogP contribution in [0.25, 0.3) is 11.0 Å². The van der Waals surface area contributed by atoms with Crippen LogP contribution in [0, 0.1) is 13.8 Å². The summed E-state index contributed by atoms with van der Waals surface area (Å²) in [7, 11) is 0. The maximum absolute atomic E-state index is 12.6. The highest BCUT2D eigenvalue weighted by Crippen LogP contribution is 2.18. The van der Waals surface area contributed by atoms with Gasteiger partial charge in [0.1, 0.15) is 11.3 Å². The van der Waals surface area contributed by atoms with Gasteiger partial charge in [0.05, 0.1) is 11.6 Å². The van der Waals surface area contributed by atoms with E-state index in [1.54, 1.807) is 0 Å². The van der Waals surface area contributed by atoms with E-state index in [9.17, 15) is 9.59 Å². The van der Waals surface area contributed by atoms with Crippen LogP contribution in [0.5, 0.6) is 0 Å². The summed E-state index contributed by atoms with van der Waals surface area (Å²) in [4.78, 5) is 28.1. The maximum atomic E-state index is 12.6. The molecule has 3 rings (SSSR count). The second-order valence-corrected chi connectivity index (χ2v) is 5.43. The molecule has 1 N–H and O–H groups in total. The number of nitrogens with zero attached hydrogens (tertiary/aromatic N) is 1. The fraction of sp³-hybridized carbons (Fsp3) is 0.200. The molecule has 6 heteroatoms. The lowest BCUT2D eigenvalue weighted by Crippen LogP contribution is -2.27. The number of rotatable bonds is 2. The van der Waals surface area contributed by atoms with Crippen molar-refractivity contribution in [1.29, 1.82) is 0 Å². The Morgan fingerprint density at radius 2 is 2.05 bits per heavy atom. The van der Waals surface area contributed by atoms with Gasteiger partial charge in [-0.3, -0.25) is 14.9 Å². The third kappa shape index (κ3) is 2.38. The molecule has 0 saturated heterocycles. The van der Waals surface area contributed by atoms with Crippen molar-refractivity contribution in [3.8, 4) is 0 Å². The van der Waals surface area contributed by atoms with Crippen LogP contribution >= 0.6 is 12.2 Å². The molecule has 1 aliphatic heterocycles. The average molecular weight is 300 g/mol. The summed E-state index contributed by atoms with van der Waals surface area (Å²) >= 11 is 4.81. The van der Waals surface area contributed by atoms with Gasteiger partial charge in [0.15, 0.2) is 10.5 Å². The van der Waals surface area contributed by atoms with E-state index in [4.69, 9.17) is 16.6 Å². The summed E-state index contributed by atoms with van der Waals surface area (Å²) < 4.78 is 5.54. The number of aliphatic imine (C=N–C) groups is 1. The number of thiocarbonyl (C=S) groups is 1. The average Bonchev–Trinajstić information content (AvgIpc) is 2.70. The molecule has 106 valence electrons. The monoisotopic (exact) mass is 300 g/mol. The van der Waals surface area contributed by atoms with Gasteiger partial charge in [0, 0.05) is 12.0 Å². The van der Waals surface area contributed by atoms with E-state index in [0.29, 0.717) is 16.5 Å². The molecule has 0 spiro atoms. The standard InChI is InChI=1S/C15H12N2O3S/c1-7-3-8(2)12-11(4-7)20-6-9(13(12)18)5-10-14(19)17-15(21)16-10/h3-4,6H,5H2,1-2H3,(H,17,19,21). The first-order valence-electron chi connectivity index (χ1n) is 6.40. The number of fused-ring (bicyclic) bond motifs is 1. The quantitative estimate of drug-likeness (QED) is 0.859. The summed E-state index contributed by atoms with van der Waals surface area (Å²) in [6.45, 7) is 3.81. The van der Waals surface area contributed by atoms with Crippen LogP contribution in [0.2, 0.25) is 0 Å². The lowest BCUT2D eigenvalue weighted by Gasteiger charge is -2.05. The van der Waals surface area contributed by atoms with Gasteiger partial charge in [-0.2, -0.15) is 0 Å².